The highest BCUT2D eigenvalue weighted by Gasteiger charge is 2.58. The van der Waals surface area contributed by atoms with Crippen molar-refractivity contribution in [3.05, 3.63) is 16.7 Å². The number of hydrogen-bond donors (Lipinski definition) is 4. The van der Waals surface area contributed by atoms with Gasteiger partial charge in [-0.1, -0.05) is 0 Å². The minimum Gasteiger partial charge on any atom is -0.385 e. The van der Waals surface area contributed by atoms with Crippen LogP contribution in [0.15, 0.2) is 11.1 Å². The standard InChI is InChI=1S/C10H13BN4O6P/c11-22(18)19-1-4-7(21-22)6(16)10(20-4)15-3-14-5-8(15)12-2-13-9(5)17/h2,4,6-7,10,14,16,18H,1,3H2,(H,12,13,17)/q+1/t4?,6?,7-,10?,22?/m1/s1. The fraction of sp³-hybridized carbons (Fsp3) is 0.600. The molecule has 0 spiro atoms. The number of rotatable bonds is 1. The van der Waals surface area contributed by atoms with E-state index in [4.69, 9.17) is 21.4 Å². The quantitative estimate of drug-likeness (QED) is 0.352. The first-order valence-corrected chi connectivity index (χ1v) is 8.26. The first-order valence-electron chi connectivity index (χ1n) is 6.61. The van der Waals surface area contributed by atoms with Crippen molar-refractivity contribution in [2.75, 3.05) is 23.5 Å². The Morgan fingerprint density at radius 2 is 2.36 bits per heavy atom. The van der Waals surface area contributed by atoms with Gasteiger partial charge in [0.25, 0.3) is 5.56 Å². The molecule has 3 aliphatic rings. The van der Waals surface area contributed by atoms with Gasteiger partial charge in [0.2, 0.25) is 0 Å². The minimum atomic E-state index is -3.42. The molecule has 5 atom stereocenters. The van der Waals surface area contributed by atoms with Crippen LogP contribution in [0.2, 0.25) is 0 Å². The van der Waals surface area contributed by atoms with Crippen molar-refractivity contribution in [3.63, 3.8) is 0 Å². The zero-order chi connectivity index (χ0) is 15.5. The Morgan fingerprint density at radius 1 is 1.55 bits per heavy atom. The van der Waals surface area contributed by atoms with Crippen LogP contribution >= 0.6 is 7.82 Å². The maximum atomic E-state index is 11.7. The number of hydrogen-bond acceptors (Lipinski definition) is 9. The predicted molar refractivity (Wildman–Crippen MR) is 76.2 cm³/mol. The zero-order valence-electron chi connectivity index (χ0n) is 11.2. The van der Waals surface area contributed by atoms with Gasteiger partial charge in [0.05, 0.1) is 13.0 Å². The molecule has 0 aliphatic carbocycles. The summed E-state index contributed by atoms with van der Waals surface area (Å²) in [5.41, 5.74) is 0.00687. The molecule has 0 aromatic carbocycles. The number of aromatic amines is 1. The Kier molecular flexibility index (Phi) is 3.19. The maximum Gasteiger partial charge on any atom is 0.488 e. The highest BCUT2D eigenvalue weighted by molar-refractivity contribution is 7.85. The monoisotopic (exact) mass is 327 g/mol. The second-order valence-electron chi connectivity index (χ2n) is 5.22. The molecule has 2 radical (unpaired) electrons. The number of ether oxygens (including phenoxy) is 1. The molecule has 0 bridgehead atoms. The number of H-pyrrole nitrogens is 1. The first-order chi connectivity index (χ1) is 10.5. The minimum absolute atomic E-state index is 0.0237. The average Bonchev–Trinajstić information content (AvgIpc) is 3.01. The second-order valence-corrected chi connectivity index (χ2v) is 6.82. The lowest BCUT2D eigenvalue weighted by molar-refractivity contribution is -0.0440. The largest absolute Gasteiger partial charge is 0.488 e. The van der Waals surface area contributed by atoms with Crippen LogP contribution in [0, 0.1) is 0 Å². The number of aliphatic hydroxyl groups excluding tert-OH is 1. The van der Waals surface area contributed by atoms with Gasteiger partial charge < -0.3 is 25.0 Å². The number of anilines is 2. The van der Waals surface area contributed by atoms with Gasteiger partial charge in [0.1, 0.15) is 24.5 Å². The third-order valence-corrected chi connectivity index (χ3v) is 4.91. The van der Waals surface area contributed by atoms with Gasteiger partial charge in [0.15, 0.2) is 18.1 Å². The van der Waals surface area contributed by atoms with Gasteiger partial charge in [-0.2, -0.15) is 9.05 Å². The molecule has 4 unspecified atom stereocenters. The van der Waals surface area contributed by atoms with Crippen molar-refractivity contribution >= 4 is 26.9 Å². The molecule has 1 aromatic rings. The van der Waals surface area contributed by atoms with Gasteiger partial charge in [-0.15, -0.1) is 0 Å². The van der Waals surface area contributed by atoms with Gasteiger partial charge >= 0.3 is 15.4 Å². The van der Waals surface area contributed by atoms with Crippen molar-refractivity contribution in [1.29, 1.82) is 0 Å². The summed E-state index contributed by atoms with van der Waals surface area (Å²) >= 11 is 0. The van der Waals surface area contributed by atoms with E-state index in [0.29, 0.717) is 11.5 Å². The molecule has 0 saturated carbocycles. The number of aromatic nitrogens is 2. The Hall–Kier alpha value is -1.23. The lowest BCUT2D eigenvalue weighted by Crippen LogP contribution is -2.45. The van der Waals surface area contributed by atoms with E-state index in [0.717, 1.165) is 0 Å². The number of nitrogens with zero attached hydrogens (tertiary/aromatic N) is 2. The van der Waals surface area contributed by atoms with Gasteiger partial charge in [-0.25, -0.2) is 9.88 Å². The molecule has 10 nitrogen and oxygen atoms in total. The molecule has 22 heavy (non-hydrogen) atoms. The van der Waals surface area contributed by atoms with Crippen LogP contribution in [0.4, 0.5) is 11.5 Å². The summed E-state index contributed by atoms with van der Waals surface area (Å²) in [6.45, 7) is 0.273. The topological polar surface area (TPSA) is 129 Å². The van der Waals surface area contributed by atoms with E-state index in [2.05, 4.69) is 15.3 Å². The highest BCUT2D eigenvalue weighted by atomic mass is 31.2. The number of nitrogens with one attached hydrogen (secondary N) is 2. The molecule has 4 N–H and O–H groups in total. The molecule has 1 aromatic heterocycles. The molecule has 0 amide bonds. The molecular weight excluding hydrogens is 314 g/mol. The van der Waals surface area contributed by atoms with E-state index < -0.39 is 32.4 Å². The van der Waals surface area contributed by atoms with Gasteiger partial charge in [0, 0.05) is 0 Å². The number of aliphatic hydroxyl groups is 1. The lowest BCUT2D eigenvalue weighted by atomic mass is 10.1. The lowest BCUT2D eigenvalue weighted by Gasteiger charge is -2.28. The van der Waals surface area contributed by atoms with Crippen molar-refractivity contribution in [2.45, 2.75) is 24.5 Å². The van der Waals surface area contributed by atoms with Crippen LogP contribution < -0.4 is 15.8 Å². The fourth-order valence-corrected chi connectivity index (χ4v) is 3.87. The Labute approximate surface area is 126 Å². The van der Waals surface area contributed by atoms with Gasteiger partial charge in [-0.05, 0) is 0 Å². The summed E-state index contributed by atoms with van der Waals surface area (Å²) in [5, 5.41) is 13.3. The van der Waals surface area contributed by atoms with Crippen LogP contribution in [0.5, 0.6) is 0 Å². The van der Waals surface area contributed by atoms with E-state index in [9.17, 15) is 14.8 Å². The maximum absolute atomic E-state index is 11.7. The second kappa shape index (κ2) is 4.88. The van der Waals surface area contributed by atoms with E-state index >= 15 is 0 Å². The number of fused-ring (bicyclic) bond motifs is 2. The molecular formula is C10H13BN4O6P+. The molecule has 2 fully saturated rings. The smallest absolute Gasteiger partial charge is 0.385 e. The van der Waals surface area contributed by atoms with Gasteiger partial charge in [-0.3, -0.25) is 4.79 Å². The fourth-order valence-electron chi connectivity index (χ4n) is 2.84. The molecule has 3 aliphatic heterocycles. The molecule has 116 valence electrons. The van der Waals surface area contributed by atoms with E-state index in [1.165, 1.54) is 6.33 Å². The van der Waals surface area contributed by atoms with Crippen LogP contribution in [0.25, 0.3) is 0 Å². The summed E-state index contributed by atoms with van der Waals surface area (Å²) < 4.78 is 16.0. The summed E-state index contributed by atoms with van der Waals surface area (Å²) in [4.78, 5) is 29.6. The van der Waals surface area contributed by atoms with Crippen LogP contribution in [-0.4, -0.2) is 65.3 Å². The van der Waals surface area contributed by atoms with Crippen LogP contribution in [0.3, 0.4) is 0 Å². The Morgan fingerprint density at radius 3 is 3.18 bits per heavy atom. The summed E-state index contributed by atoms with van der Waals surface area (Å²) in [6.07, 6.45) is -1.94. The Bertz CT molecular complexity index is 659. The predicted octanol–water partition coefficient (Wildman–Crippen LogP) is -1.70. The molecule has 12 heteroatoms. The zero-order valence-corrected chi connectivity index (χ0v) is 12.1. The third-order valence-electron chi connectivity index (χ3n) is 3.84. The molecule has 4 rings (SSSR count). The third kappa shape index (κ3) is 2.13. The normalized spacial score (nSPS) is 40.2. The van der Waals surface area contributed by atoms with E-state index in [1.807, 2.05) is 0 Å². The van der Waals surface area contributed by atoms with Crippen molar-refractivity contribution in [3.8, 4) is 0 Å². The average molecular weight is 327 g/mol. The highest BCUT2D eigenvalue weighted by Crippen LogP contribution is 2.58. The first kappa shape index (κ1) is 14.4. The summed E-state index contributed by atoms with van der Waals surface area (Å²) in [6, 6.07) is 0. The van der Waals surface area contributed by atoms with Crippen LogP contribution in [-0.2, 0) is 13.8 Å². The van der Waals surface area contributed by atoms with Crippen molar-refractivity contribution in [2.24, 2.45) is 0 Å². The van der Waals surface area contributed by atoms with Crippen LogP contribution in [0.1, 0.15) is 0 Å². The van der Waals surface area contributed by atoms with E-state index in [-0.39, 0.29) is 18.8 Å². The summed E-state index contributed by atoms with van der Waals surface area (Å²) in [7, 11) is 2.04. The molecule has 4 heterocycles. The van der Waals surface area contributed by atoms with E-state index in [1.54, 1.807) is 4.90 Å². The summed E-state index contributed by atoms with van der Waals surface area (Å²) in [5.74, 6) is 0.380. The van der Waals surface area contributed by atoms with Crippen molar-refractivity contribution < 1.29 is 23.8 Å². The Balaban J connectivity index is 1.61. The van der Waals surface area contributed by atoms with Crippen molar-refractivity contribution in [1.82, 2.24) is 9.97 Å². The molecule has 2 saturated heterocycles. The SMILES string of the molecule is [B][P+]1(O)OCC2OC(N3CNc4c3nc[nH]c4=O)C(O)[C@@H]2O1.